The Hall–Kier alpha value is -1.85. The quantitative estimate of drug-likeness (QED) is 0.503. The van der Waals surface area contributed by atoms with E-state index in [2.05, 4.69) is 11.9 Å². The van der Waals surface area contributed by atoms with Gasteiger partial charge in [-0.1, -0.05) is 6.08 Å². The van der Waals surface area contributed by atoms with E-state index in [0.717, 1.165) is 0 Å². The van der Waals surface area contributed by atoms with E-state index >= 15 is 0 Å². The zero-order chi connectivity index (χ0) is 13.8. The van der Waals surface area contributed by atoms with Gasteiger partial charge < -0.3 is 5.32 Å². The number of carbonyl (C=O) groups excluding carboxylic acids is 1. The van der Waals surface area contributed by atoms with Crippen LogP contribution in [0.1, 0.15) is 22.3 Å². The highest BCUT2D eigenvalue weighted by Gasteiger charge is 2.31. The molecule has 0 aliphatic carbocycles. The number of amides is 1. The molecule has 18 heavy (non-hydrogen) atoms. The summed E-state index contributed by atoms with van der Waals surface area (Å²) >= 11 is 0. The van der Waals surface area contributed by atoms with Gasteiger partial charge in [0.1, 0.15) is 5.82 Å². The van der Waals surface area contributed by atoms with E-state index < -0.39 is 29.0 Å². The van der Waals surface area contributed by atoms with Crippen LogP contribution in [0, 0.1) is 5.82 Å². The maximum absolute atomic E-state index is 13.3. The molecule has 0 unspecified atom stereocenters. The molecule has 0 saturated heterocycles. The number of hydrogen-bond donors (Lipinski definition) is 1. The van der Waals surface area contributed by atoms with Crippen molar-refractivity contribution in [2.24, 2.45) is 0 Å². The molecule has 2 nitrogen and oxygen atoms in total. The molecule has 1 aromatic rings. The van der Waals surface area contributed by atoms with Crippen LogP contribution >= 0.6 is 0 Å². The van der Waals surface area contributed by atoms with Gasteiger partial charge in [0, 0.05) is 6.54 Å². The van der Waals surface area contributed by atoms with Crippen molar-refractivity contribution in [3.8, 4) is 0 Å². The molecule has 98 valence electrons. The fraction of sp³-hybridized carbons (Fsp3) is 0.250. The average molecular weight is 261 g/mol. The monoisotopic (exact) mass is 261 g/mol. The third kappa shape index (κ3) is 3.58. The Kier molecular flexibility index (Phi) is 4.47. The zero-order valence-corrected chi connectivity index (χ0v) is 9.35. The number of nitrogens with one attached hydrogen (secondary N) is 1. The lowest BCUT2D eigenvalue weighted by molar-refractivity contribution is -0.137. The Balaban J connectivity index is 2.93. The minimum absolute atomic E-state index is 0.192. The van der Waals surface area contributed by atoms with Crippen molar-refractivity contribution in [3.05, 3.63) is 47.8 Å². The van der Waals surface area contributed by atoms with E-state index in [1.165, 1.54) is 6.08 Å². The summed E-state index contributed by atoms with van der Waals surface area (Å²) in [5.74, 6) is -1.86. The van der Waals surface area contributed by atoms with Crippen LogP contribution in [0.4, 0.5) is 17.6 Å². The number of halogens is 4. The first-order valence-corrected chi connectivity index (χ1v) is 5.12. The van der Waals surface area contributed by atoms with Gasteiger partial charge in [-0.3, -0.25) is 4.79 Å². The summed E-state index contributed by atoms with van der Waals surface area (Å²) in [6, 6.07) is 1.72. The summed E-state index contributed by atoms with van der Waals surface area (Å²) in [6.45, 7) is 3.61. The van der Waals surface area contributed by atoms with Gasteiger partial charge in [-0.2, -0.15) is 13.2 Å². The third-order valence-electron chi connectivity index (χ3n) is 2.17. The van der Waals surface area contributed by atoms with E-state index in [0.29, 0.717) is 24.6 Å². The molecule has 1 amide bonds. The lowest BCUT2D eigenvalue weighted by atomic mass is 10.1. The first-order valence-electron chi connectivity index (χ1n) is 5.12. The molecule has 0 saturated carbocycles. The average Bonchev–Trinajstić information content (AvgIpc) is 2.28. The van der Waals surface area contributed by atoms with Gasteiger partial charge in [-0.05, 0) is 24.6 Å². The van der Waals surface area contributed by atoms with E-state index in [-0.39, 0.29) is 6.54 Å². The lowest BCUT2D eigenvalue weighted by Gasteiger charge is -2.09. The Morgan fingerprint density at radius 2 is 2.06 bits per heavy atom. The predicted molar refractivity (Wildman–Crippen MR) is 58.5 cm³/mol. The van der Waals surface area contributed by atoms with Crippen molar-refractivity contribution in [2.45, 2.75) is 12.6 Å². The summed E-state index contributed by atoms with van der Waals surface area (Å²) < 4.78 is 50.5. The fourth-order valence-corrected chi connectivity index (χ4v) is 1.26. The Morgan fingerprint density at radius 3 is 2.61 bits per heavy atom. The van der Waals surface area contributed by atoms with Crippen LogP contribution in [0.3, 0.4) is 0 Å². The first-order chi connectivity index (χ1) is 8.36. The van der Waals surface area contributed by atoms with Crippen LogP contribution in [-0.2, 0) is 6.18 Å². The van der Waals surface area contributed by atoms with Crippen LogP contribution in [-0.4, -0.2) is 12.5 Å². The van der Waals surface area contributed by atoms with Gasteiger partial charge in [-0.15, -0.1) is 6.58 Å². The van der Waals surface area contributed by atoms with E-state index in [9.17, 15) is 22.4 Å². The summed E-state index contributed by atoms with van der Waals surface area (Å²) in [7, 11) is 0. The van der Waals surface area contributed by atoms with Gasteiger partial charge in [0.05, 0.1) is 11.1 Å². The van der Waals surface area contributed by atoms with E-state index in [1.807, 2.05) is 0 Å². The number of alkyl halides is 3. The van der Waals surface area contributed by atoms with Gasteiger partial charge >= 0.3 is 6.18 Å². The molecule has 1 N–H and O–H groups in total. The largest absolute Gasteiger partial charge is 0.416 e. The molecule has 0 aliphatic rings. The normalized spacial score (nSPS) is 11.1. The standard InChI is InChI=1S/C12H11F4NO/c1-2-3-6-17-11(18)9-7-8(12(14,15)16)4-5-10(9)13/h2,4-5,7H,1,3,6H2,(H,17,18). The predicted octanol–water partition coefficient (Wildman–Crippen LogP) is 3.15. The second-order valence-corrected chi connectivity index (χ2v) is 3.53. The number of hydrogen-bond acceptors (Lipinski definition) is 1. The Labute approximate surface area is 101 Å². The van der Waals surface area contributed by atoms with Crippen LogP contribution in [0.15, 0.2) is 30.9 Å². The number of benzene rings is 1. The SMILES string of the molecule is C=CCCNC(=O)c1cc(C(F)(F)F)ccc1F. The fourth-order valence-electron chi connectivity index (χ4n) is 1.26. The molecule has 1 aromatic carbocycles. The maximum Gasteiger partial charge on any atom is 0.416 e. The maximum atomic E-state index is 13.3. The van der Waals surface area contributed by atoms with Crippen molar-refractivity contribution in [1.82, 2.24) is 5.32 Å². The topological polar surface area (TPSA) is 29.1 Å². The molecule has 0 spiro atoms. The Bertz CT molecular complexity index is 454. The van der Waals surface area contributed by atoms with Crippen molar-refractivity contribution in [3.63, 3.8) is 0 Å². The summed E-state index contributed by atoms with van der Waals surface area (Å²) in [6.07, 6.45) is -2.63. The highest BCUT2D eigenvalue weighted by molar-refractivity contribution is 5.94. The van der Waals surface area contributed by atoms with Crippen molar-refractivity contribution < 1.29 is 22.4 Å². The third-order valence-corrected chi connectivity index (χ3v) is 2.17. The molecule has 6 heteroatoms. The second-order valence-electron chi connectivity index (χ2n) is 3.53. The molecule has 0 bridgehead atoms. The van der Waals surface area contributed by atoms with Gasteiger partial charge in [0.25, 0.3) is 5.91 Å². The smallest absolute Gasteiger partial charge is 0.352 e. The van der Waals surface area contributed by atoms with Crippen LogP contribution in [0.2, 0.25) is 0 Å². The summed E-state index contributed by atoms with van der Waals surface area (Å²) in [5.41, 5.74) is -1.67. The highest BCUT2D eigenvalue weighted by atomic mass is 19.4. The Morgan fingerprint density at radius 1 is 1.39 bits per heavy atom. The molecule has 0 fully saturated rings. The second kappa shape index (κ2) is 5.66. The van der Waals surface area contributed by atoms with Gasteiger partial charge in [0.15, 0.2) is 0 Å². The molecule has 0 radical (unpaired) electrons. The van der Waals surface area contributed by atoms with Crippen LogP contribution < -0.4 is 5.32 Å². The van der Waals surface area contributed by atoms with Crippen molar-refractivity contribution in [2.75, 3.05) is 6.54 Å². The van der Waals surface area contributed by atoms with Gasteiger partial charge in [-0.25, -0.2) is 4.39 Å². The van der Waals surface area contributed by atoms with E-state index in [4.69, 9.17) is 0 Å². The first kappa shape index (κ1) is 14.2. The molecule has 0 atom stereocenters. The van der Waals surface area contributed by atoms with Gasteiger partial charge in [0.2, 0.25) is 0 Å². The molecule has 0 aromatic heterocycles. The minimum atomic E-state index is -4.61. The molecule has 1 rings (SSSR count). The lowest BCUT2D eigenvalue weighted by Crippen LogP contribution is -2.25. The highest BCUT2D eigenvalue weighted by Crippen LogP contribution is 2.30. The van der Waals surface area contributed by atoms with Crippen molar-refractivity contribution >= 4 is 5.91 Å². The van der Waals surface area contributed by atoms with Crippen LogP contribution in [0.5, 0.6) is 0 Å². The van der Waals surface area contributed by atoms with Crippen molar-refractivity contribution in [1.29, 1.82) is 0 Å². The molecule has 0 heterocycles. The molecular formula is C12H11F4NO. The summed E-state index contributed by atoms with van der Waals surface area (Å²) in [4.78, 5) is 11.5. The number of rotatable bonds is 4. The van der Waals surface area contributed by atoms with Crippen LogP contribution in [0.25, 0.3) is 0 Å². The molecule has 0 aliphatic heterocycles. The zero-order valence-electron chi connectivity index (χ0n) is 9.35. The molecular weight excluding hydrogens is 250 g/mol. The summed E-state index contributed by atoms with van der Waals surface area (Å²) in [5, 5.41) is 2.30. The number of carbonyl (C=O) groups is 1. The van der Waals surface area contributed by atoms with E-state index in [1.54, 1.807) is 0 Å². The minimum Gasteiger partial charge on any atom is -0.352 e.